The average Bonchev–Trinajstić information content (AvgIpc) is 2.64. The first-order valence-corrected chi connectivity index (χ1v) is 13.0. The molecule has 0 fully saturated rings. The fourth-order valence-corrected chi connectivity index (χ4v) is 4.09. The van der Waals surface area contributed by atoms with Gasteiger partial charge in [-0.3, -0.25) is 9.11 Å². The number of sulfone groups is 1. The summed E-state index contributed by atoms with van der Waals surface area (Å²) in [5.74, 6) is -1.28. The van der Waals surface area contributed by atoms with Gasteiger partial charge in [0.2, 0.25) is 0 Å². The summed E-state index contributed by atoms with van der Waals surface area (Å²) in [5, 5.41) is 10.6. The van der Waals surface area contributed by atoms with Crippen LogP contribution in [-0.4, -0.2) is 52.6 Å². The van der Waals surface area contributed by atoms with E-state index in [1.165, 1.54) is 24.3 Å². The van der Waals surface area contributed by atoms with Crippen molar-refractivity contribution in [3.05, 3.63) is 48.0 Å². The predicted molar refractivity (Wildman–Crippen MR) is 111 cm³/mol. The minimum Gasteiger partial charge on any atom is -0.370 e. The molecule has 170 valence electrons. The van der Waals surface area contributed by atoms with Gasteiger partial charge in [0.1, 0.15) is 5.88 Å². The van der Waals surface area contributed by atoms with Crippen LogP contribution in [0.15, 0.2) is 57.6 Å². The van der Waals surface area contributed by atoms with E-state index in [2.05, 4.69) is 19.7 Å². The molecule has 0 spiro atoms. The average molecular weight is 494 g/mol. The normalized spacial score (nSPS) is 12.9. The number of nitrogens with one attached hydrogen (secondary N) is 1. The van der Waals surface area contributed by atoms with Gasteiger partial charge in [-0.1, -0.05) is 0 Å². The molecule has 0 saturated heterocycles. The summed E-state index contributed by atoms with van der Waals surface area (Å²) in [6, 6.07) is 10.1. The van der Waals surface area contributed by atoms with E-state index < -0.39 is 48.6 Å². The Hall–Kier alpha value is -2.43. The molecule has 0 heterocycles. The Bertz CT molecular complexity index is 1270. The SMILES string of the molecule is Cc1cc(NCS(=O)(=O)O)ccc1N=Nc1ccc(S(=O)(=O)CCOS(=O)(=O)O)cc1. The molecule has 0 aliphatic heterocycles. The van der Waals surface area contributed by atoms with Crippen LogP contribution in [-0.2, 0) is 34.5 Å². The van der Waals surface area contributed by atoms with Gasteiger partial charge >= 0.3 is 10.4 Å². The van der Waals surface area contributed by atoms with Crippen molar-refractivity contribution in [1.29, 1.82) is 0 Å². The maximum atomic E-state index is 12.1. The molecule has 0 atom stereocenters. The van der Waals surface area contributed by atoms with Crippen LogP contribution in [0.2, 0.25) is 0 Å². The van der Waals surface area contributed by atoms with Crippen molar-refractivity contribution >= 4 is 47.4 Å². The van der Waals surface area contributed by atoms with Crippen molar-refractivity contribution in [3.63, 3.8) is 0 Å². The highest BCUT2D eigenvalue weighted by Gasteiger charge is 2.16. The first-order chi connectivity index (χ1) is 14.3. The standard InChI is InChI=1S/C16H19N3O9S3/c1-12-10-14(17-11-30(22,23)24)4-7-16(12)19-18-13-2-5-15(6-3-13)29(20,21)9-8-28-31(25,26)27/h2-7,10,17H,8-9,11H2,1H3,(H,22,23,24)(H,25,26,27). The molecule has 0 bridgehead atoms. The maximum absolute atomic E-state index is 12.1. The molecule has 2 aromatic rings. The summed E-state index contributed by atoms with van der Waals surface area (Å²) in [5.41, 5.74) is 1.96. The summed E-state index contributed by atoms with van der Waals surface area (Å²) >= 11 is 0. The molecule has 0 saturated carbocycles. The number of benzene rings is 2. The fourth-order valence-electron chi connectivity index (χ4n) is 2.25. The Kier molecular flexibility index (Phi) is 7.85. The van der Waals surface area contributed by atoms with E-state index >= 15 is 0 Å². The molecule has 2 aromatic carbocycles. The Labute approximate surface area is 179 Å². The van der Waals surface area contributed by atoms with Crippen LogP contribution in [0.25, 0.3) is 0 Å². The minimum atomic E-state index is -4.72. The molecule has 0 unspecified atom stereocenters. The van der Waals surface area contributed by atoms with E-state index in [4.69, 9.17) is 9.11 Å². The monoisotopic (exact) mass is 493 g/mol. The zero-order chi connectivity index (χ0) is 23.3. The molecule has 31 heavy (non-hydrogen) atoms. The molecule has 0 aromatic heterocycles. The molecular formula is C16H19N3O9S3. The van der Waals surface area contributed by atoms with Gasteiger partial charge in [0.25, 0.3) is 10.1 Å². The summed E-state index contributed by atoms with van der Waals surface area (Å²) in [7, 11) is -12.7. The molecule has 12 nitrogen and oxygen atoms in total. The maximum Gasteiger partial charge on any atom is 0.397 e. The summed E-state index contributed by atoms with van der Waals surface area (Å²) in [6.45, 7) is 0.994. The van der Waals surface area contributed by atoms with Crippen LogP contribution in [0.5, 0.6) is 0 Å². The fraction of sp³-hybridized carbons (Fsp3) is 0.250. The van der Waals surface area contributed by atoms with Gasteiger partial charge in [-0.25, -0.2) is 12.6 Å². The van der Waals surface area contributed by atoms with E-state index in [0.29, 0.717) is 22.6 Å². The van der Waals surface area contributed by atoms with Gasteiger partial charge in [0.05, 0.1) is 28.6 Å². The lowest BCUT2D eigenvalue weighted by molar-refractivity contribution is 0.284. The van der Waals surface area contributed by atoms with E-state index in [1.54, 1.807) is 25.1 Å². The van der Waals surface area contributed by atoms with Crippen molar-refractivity contribution in [2.45, 2.75) is 11.8 Å². The smallest absolute Gasteiger partial charge is 0.370 e. The third-order valence-electron chi connectivity index (χ3n) is 3.71. The predicted octanol–water partition coefficient (Wildman–Crippen LogP) is 2.26. The number of rotatable bonds is 10. The third kappa shape index (κ3) is 8.68. The number of aryl methyl sites for hydroxylation is 1. The number of anilines is 1. The topological polar surface area (TPSA) is 189 Å². The Morgan fingerprint density at radius 2 is 1.58 bits per heavy atom. The number of hydrogen-bond acceptors (Lipinski definition) is 10. The quantitative estimate of drug-likeness (QED) is 0.327. The highest BCUT2D eigenvalue weighted by molar-refractivity contribution is 7.91. The lowest BCUT2D eigenvalue weighted by atomic mass is 10.2. The number of nitrogens with zero attached hydrogens (tertiary/aromatic N) is 2. The Balaban J connectivity index is 2.05. The largest absolute Gasteiger partial charge is 0.397 e. The zero-order valence-electron chi connectivity index (χ0n) is 16.0. The summed E-state index contributed by atoms with van der Waals surface area (Å²) < 4.78 is 88.0. The van der Waals surface area contributed by atoms with Crippen molar-refractivity contribution in [1.82, 2.24) is 0 Å². The Morgan fingerprint density at radius 1 is 0.935 bits per heavy atom. The lowest BCUT2D eigenvalue weighted by Crippen LogP contribution is -2.15. The second-order valence-corrected chi connectivity index (χ2v) is 10.8. The van der Waals surface area contributed by atoms with Gasteiger partial charge in [-0.05, 0) is 55.0 Å². The van der Waals surface area contributed by atoms with Crippen LogP contribution in [0.1, 0.15) is 5.56 Å². The molecule has 0 aliphatic carbocycles. The summed E-state index contributed by atoms with van der Waals surface area (Å²) in [6.07, 6.45) is 0. The van der Waals surface area contributed by atoms with Crippen molar-refractivity contribution in [2.75, 3.05) is 23.6 Å². The van der Waals surface area contributed by atoms with Gasteiger partial charge in [-0.15, -0.1) is 0 Å². The van der Waals surface area contributed by atoms with Gasteiger partial charge in [-0.2, -0.15) is 27.1 Å². The van der Waals surface area contributed by atoms with Crippen LogP contribution in [0.4, 0.5) is 17.1 Å². The van der Waals surface area contributed by atoms with Gasteiger partial charge in [0, 0.05) is 5.69 Å². The second kappa shape index (κ2) is 9.80. The molecule has 0 amide bonds. The molecule has 15 heteroatoms. The van der Waals surface area contributed by atoms with E-state index in [9.17, 15) is 25.3 Å². The molecule has 0 aliphatic rings. The first-order valence-electron chi connectivity index (χ1n) is 8.41. The van der Waals surface area contributed by atoms with Gasteiger partial charge < -0.3 is 5.32 Å². The molecule has 3 N–H and O–H groups in total. The zero-order valence-corrected chi connectivity index (χ0v) is 18.5. The molecule has 2 rings (SSSR count). The minimum absolute atomic E-state index is 0.0872. The van der Waals surface area contributed by atoms with Gasteiger partial charge in [0.15, 0.2) is 9.84 Å². The van der Waals surface area contributed by atoms with Crippen molar-refractivity contribution in [3.8, 4) is 0 Å². The van der Waals surface area contributed by atoms with Crippen LogP contribution >= 0.6 is 0 Å². The number of azo groups is 1. The third-order valence-corrected chi connectivity index (χ3v) is 6.38. The number of hydrogen-bond donors (Lipinski definition) is 3. The van der Waals surface area contributed by atoms with Crippen molar-refractivity contribution < 1.29 is 38.5 Å². The highest BCUT2D eigenvalue weighted by atomic mass is 32.3. The molecule has 0 radical (unpaired) electrons. The van der Waals surface area contributed by atoms with Crippen LogP contribution in [0, 0.1) is 6.92 Å². The second-order valence-electron chi connectivity index (χ2n) is 6.17. The van der Waals surface area contributed by atoms with E-state index in [-0.39, 0.29) is 4.90 Å². The van der Waals surface area contributed by atoms with Crippen LogP contribution in [0.3, 0.4) is 0 Å². The Morgan fingerprint density at radius 3 is 2.13 bits per heavy atom. The van der Waals surface area contributed by atoms with E-state index in [1.807, 2.05) is 0 Å². The van der Waals surface area contributed by atoms with Crippen molar-refractivity contribution in [2.24, 2.45) is 10.2 Å². The lowest BCUT2D eigenvalue weighted by Gasteiger charge is -2.07. The highest BCUT2D eigenvalue weighted by Crippen LogP contribution is 2.25. The molecular weight excluding hydrogens is 474 g/mol. The first kappa shape index (κ1) is 24.8. The van der Waals surface area contributed by atoms with E-state index in [0.717, 1.165) is 0 Å². The van der Waals surface area contributed by atoms with Crippen LogP contribution < -0.4 is 5.32 Å². The summed E-state index contributed by atoms with van der Waals surface area (Å²) in [4.78, 5) is -0.0872.